The maximum Gasteiger partial charge on any atom is 0.128 e. The molecule has 3 nitrogen and oxygen atoms in total. The van der Waals surface area contributed by atoms with E-state index in [1.54, 1.807) is 35.1 Å². The van der Waals surface area contributed by atoms with E-state index in [2.05, 4.69) is 27.1 Å². The molecule has 74 valence electrons. The van der Waals surface area contributed by atoms with Gasteiger partial charge in [0, 0.05) is 11.2 Å². The average Bonchev–Trinajstić information content (AvgIpc) is 2.64. The molecule has 0 amide bonds. The lowest BCUT2D eigenvalue weighted by atomic mass is 10.2. The molecule has 0 fully saturated rings. The summed E-state index contributed by atoms with van der Waals surface area (Å²) in [6, 6.07) is 9.00. The summed E-state index contributed by atoms with van der Waals surface area (Å²) in [5, 5.41) is 13.7. The Morgan fingerprint density at radius 1 is 1.40 bits per heavy atom. The van der Waals surface area contributed by atoms with E-state index in [0.29, 0.717) is 16.3 Å². The van der Waals surface area contributed by atoms with E-state index in [1.165, 1.54) is 0 Å². The summed E-state index contributed by atoms with van der Waals surface area (Å²) in [5.41, 5.74) is 1.21. The number of hydrogen-bond donors (Lipinski definition) is 0. The molecule has 0 bridgehead atoms. The van der Waals surface area contributed by atoms with Crippen molar-refractivity contribution in [3.05, 3.63) is 45.7 Å². The zero-order chi connectivity index (χ0) is 10.8. The van der Waals surface area contributed by atoms with Crippen molar-refractivity contribution in [2.24, 2.45) is 0 Å². The first-order valence-electron chi connectivity index (χ1n) is 4.12. The number of benzene rings is 1. The van der Waals surface area contributed by atoms with E-state index in [1.807, 2.05) is 0 Å². The Bertz CT molecular complexity index is 542. The van der Waals surface area contributed by atoms with Crippen molar-refractivity contribution in [3.8, 4) is 11.8 Å². The van der Waals surface area contributed by atoms with Gasteiger partial charge < -0.3 is 0 Å². The normalized spacial score (nSPS) is 9.93. The Balaban J connectivity index is 2.58. The van der Waals surface area contributed by atoms with E-state index >= 15 is 0 Å². The Morgan fingerprint density at radius 2 is 2.20 bits per heavy atom. The van der Waals surface area contributed by atoms with E-state index < -0.39 is 0 Å². The minimum Gasteiger partial charge on any atom is -0.239 e. The second-order valence-corrected chi connectivity index (χ2v) is 4.11. The van der Waals surface area contributed by atoms with Crippen molar-refractivity contribution in [2.45, 2.75) is 0 Å². The van der Waals surface area contributed by atoms with Gasteiger partial charge in [-0.05, 0) is 40.2 Å². The molecule has 1 aromatic carbocycles. The van der Waals surface area contributed by atoms with Crippen LogP contribution in [0.25, 0.3) is 5.69 Å². The van der Waals surface area contributed by atoms with E-state index in [-0.39, 0.29) is 0 Å². The first kappa shape index (κ1) is 10.2. The molecule has 2 aromatic rings. The second kappa shape index (κ2) is 4.05. The SMILES string of the molecule is N#Cc1cc(Cl)ccc1-n1ccc(Br)n1. The predicted octanol–water partition coefficient (Wildman–Crippen LogP) is 3.16. The maximum atomic E-state index is 8.95. The quantitative estimate of drug-likeness (QED) is 0.806. The number of nitriles is 1. The number of hydrogen-bond acceptors (Lipinski definition) is 2. The van der Waals surface area contributed by atoms with Crippen LogP contribution < -0.4 is 0 Å². The van der Waals surface area contributed by atoms with Gasteiger partial charge in [-0.15, -0.1) is 0 Å². The van der Waals surface area contributed by atoms with Crippen molar-refractivity contribution < 1.29 is 0 Å². The van der Waals surface area contributed by atoms with Gasteiger partial charge in [-0.3, -0.25) is 0 Å². The Morgan fingerprint density at radius 3 is 2.80 bits per heavy atom. The monoisotopic (exact) mass is 281 g/mol. The van der Waals surface area contributed by atoms with Crippen LogP contribution in [-0.4, -0.2) is 9.78 Å². The Kier molecular flexibility index (Phi) is 2.76. The van der Waals surface area contributed by atoms with Crippen LogP contribution in [0.15, 0.2) is 35.1 Å². The van der Waals surface area contributed by atoms with Crippen LogP contribution in [0.1, 0.15) is 5.56 Å². The fourth-order valence-corrected chi connectivity index (χ4v) is 1.69. The first-order valence-corrected chi connectivity index (χ1v) is 5.29. The lowest BCUT2D eigenvalue weighted by Crippen LogP contribution is -1.97. The smallest absolute Gasteiger partial charge is 0.128 e. The van der Waals surface area contributed by atoms with Crippen molar-refractivity contribution in [2.75, 3.05) is 0 Å². The molecule has 0 unspecified atom stereocenters. The van der Waals surface area contributed by atoms with Crippen LogP contribution >= 0.6 is 27.5 Å². The average molecular weight is 283 g/mol. The van der Waals surface area contributed by atoms with Gasteiger partial charge in [0.2, 0.25) is 0 Å². The third-order valence-electron chi connectivity index (χ3n) is 1.88. The first-order chi connectivity index (χ1) is 7.20. The number of aromatic nitrogens is 2. The molecule has 5 heteroatoms. The van der Waals surface area contributed by atoms with E-state index in [0.717, 1.165) is 4.60 Å². The Hall–Kier alpha value is -1.31. The molecule has 0 saturated heterocycles. The van der Waals surface area contributed by atoms with Crippen molar-refractivity contribution in [1.29, 1.82) is 5.26 Å². The molecule has 0 aliphatic rings. The fourth-order valence-electron chi connectivity index (χ4n) is 1.23. The van der Waals surface area contributed by atoms with Crippen LogP contribution in [0, 0.1) is 11.3 Å². The molecule has 0 radical (unpaired) electrons. The Labute approximate surface area is 100 Å². The summed E-state index contributed by atoms with van der Waals surface area (Å²) >= 11 is 9.05. The van der Waals surface area contributed by atoms with Crippen LogP contribution in [0.5, 0.6) is 0 Å². The summed E-state index contributed by atoms with van der Waals surface area (Å²) in [6.07, 6.45) is 1.77. The summed E-state index contributed by atoms with van der Waals surface area (Å²) in [5.74, 6) is 0. The highest BCUT2D eigenvalue weighted by Gasteiger charge is 2.05. The lowest BCUT2D eigenvalue weighted by molar-refractivity contribution is 0.867. The van der Waals surface area contributed by atoms with Gasteiger partial charge in [-0.2, -0.15) is 10.4 Å². The van der Waals surface area contributed by atoms with Crippen LogP contribution in [0.4, 0.5) is 0 Å². The highest BCUT2D eigenvalue weighted by molar-refractivity contribution is 9.10. The van der Waals surface area contributed by atoms with Crippen molar-refractivity contribution in [3.63, 3.8) is 0 Å². The van der Waals surface area contributed by atoms with Gasteiger partial charge in [0.15, 0.2) is 0 Å². The minimum atomic E-state index is 0.498. The highest BCUT2D eigenvalue weighted by atomic mass is 79.9. The van der Waals surface area contributed by atoms with Gasteiger partial charge in [-0.1, -0.05) is 11.6 Å². The molecule has 15 heavy (non-hydrogen) atoms. The maximum absolute atomic E-state index is 8.95. The topological polar surface area (TPSA) is 41.6 Å². The van der Waals surface area contributed by atoms with Crippen molar-refractivity contribution >= 4 is 27.5 Å². The van der Waals surface area contributed by atoms with Gasteiger partial charge in [-0.25, -0.2) is 4.68 Å². The summed E-state index contributed by atoms with van der Waals surface area (Å²) < 4.78 is 2.35. The minimum absolute atomic E-state index is 0.498. The third-order valence-corrected chi connectivity index (χ3v) is 2.54. The van der Waals surface area contributed by atoms with Gasteiger partial charge in [0.05, 0.1) is 11.3 Å². The zero-order valence-corrected chi connectivity index (χ0v) is 9.83. The van der Waals surface area contributed by atoms with E-state index in [9.17, 15) is 0 Å². The standard InChI is InChI=1S/C10H5BrClN3/c11-10-3-4-15(14-10)9-2-1-8(12)5-7(9)6-13/h1-5H. The number of halogens is 2. The molecule has 0 aliphatic carbocycles. The van der Waals surface area contributed by atoms with Crippen LogP contribution in [-0.2, 0) is 0 Å². The molecule has 2 rings (SSSR count). The van der Waals surface area contributed by atoms with Crippen LogP contribution in [0.3, 0.4) is 0 Å². The summed E-state index contributed by atoms with van der Waals surface area (Å²) in [6.45, 7) is 0. The molecule has 0 N–H and O–H groups in total. The molecular weight excluding hydrogens is 277 g/mol. The molecule has 1 heterocycles. The van der Waals surface area contributed by atoms with Crippen LogP contribution in [0.2, 0.25) is 5.02 Å². The third kappa shape index (κ3) is 2.04. The number of nitrogens with zero attached hydrogens (tertiary/aromatic N) is 3. The fraction of sp³-hybridized carbons (Fsp3) is 0. The zero-order valence-electron chi connectivity index (χ0n) is 7.48. The lowest BCUT2D eigenvalue weighted by Gasteiger charge is -2.03. The predicted molar refractivity (Wildman–Crippen MR) is 61.0 cm³/mol. The number of rotatable bonds is 1. The molecule has 0 spiro atoms. The summed E-state index contributed by atoms with van der Waals surface area (Å²) in [7, 11) is 0. The van der Waals surface area contributed by atoms with E-state index in [4.69, 9.17) is 16.9 Å². The molecule has 0 atom stereocenters. The van der Waals surface area contributed by atoms with Gasteiger partial charge in [0.1, 0.15) is 10.7 Å². The second-order valence-electron chi connectivity index (χ2n) is 2.86. The van der Waals surface area contributed by atoms with Gasteiger partial charge in [0.25, 0.3) is 0 Å². The van der Waals surface area contributed by atoms with Crippen molar-refractivity contribution in [1.82, 2.24) is 9.78 Å². The molecule has 1 aromatic heterocycles. The van der Waals surface area contributed by atoms with Gasteiger partial charge >= 0.3 is 0 Å². The highest BCUT2D eigenvalue weighted by Crippen LogP contribution is 2.19. The molecule has 0 aliphatic heterocycles. The molecule has 0 saturated carbocycles. The summed E-state index contributed by atoms with van der Waals surface area (Å²) in [4.78, 5) is 0. The molecular formula is C10H5BrClN3. The largest absolute Gasteiger partial charge is 0.239 e.